The summed E-state index contributed by atoms with van der Waals surface area (Å²) in [7, 11) is 1.71. The lowest BCUT2D eigenvalue weighted by Gasteiger charge is -2.39. The molecule has 0 saturated heterocycles. The Morgan fingerprint density at radius 1 is 1.23 bits per heavy atom. The van der Waals surface area contributed by atoms with E-state index in [1.807, 2.05) is 0 Å². The number of aromatic carboxylic acids is 1. The Hall–Kier alpha value is -1.56. The number of rotatable bonds is 4. The van der Waals surface area contributed by atoms with Crippen LogP contribution in [0.5, 0.6) is 0 Å². The lowest BCUT2D eigenvalue weighted by atomic mass is 9.83. The van der Waals surface area contributed by atoms with Gasteiger partial charge in [-0.25, -0.2) is 4.79 Å². The summed E-state index contributed by atoms with van der Waals surface area (Å²) >= 11 is 0. The molecule has 0 radical (unpaired) electrons. The third-order valence-corrected chi connectivity index (χ3v) is 4.35. The van der Waals surface area contributed by atoms with E-state index in [-0.39, 0.29) is 12.0 Å². The van der Waals surface area contributed by atoms with Crippen LogP contribution >= 0.6 is 0 Å². The first-order valence-electron chi connectivity index (χ1n) is 7.38. The number of alkyl halides is 3. The van der Waals surface area contributed by atoms with E-state index in [0.717, 1.165) is 12.0 Å². The third kappa shape index (κ3) is 4.00. The molecule has 22 heavy (non-hydrogen) atoms. The maximum absolute atomic E-state index is 13.1. The van der Waals surface area contributed by atoms with E-state index in [1.54, 1.807) is 24.1 Å². The predicted octanol–water partition coefficient (Wildman–Crippen LogP) is 3.94. The molecule has 0 aromatic heterocycles. The van der Waals surface area contributed by atoms with E-state index in [2.05, 4.69) is 0 Å². The lowest BCUT2D eigenvalue weighted by Crippen LogP contribution is -2.46. The summed E-state index contributed by atoms with van der Waals surface area (Å²) in [6.45, 7) is 0.386. The second-order valence-electron chi connectivity index (χ2n) is 5.92. The number of carboxylic acid groups (broad SMARTS) is 1. The minimum Gasteiger partial charge on any atom is -0.478 e. The summed E-state index contributed by atoms with van der Waals surface area (Å²) in [6, 6.07) is 5.77. The molecule has 1 fully saturated rings. The van der Waals surface area contributed by atoms with Crippen molar-refractivity contribution in [2.75, 3.05) is 7.05 Å². The number of hydrogen-bond donors (Lipinski definition) is 1. The predicted molar refractivity (Wildman–Crippen MR) is 76.7 cm³/mol. The average molecular weight is 315 g/mol. The minimum atomic E-state index is -4.16. The fourth-order valence-electron chi connectivity index (χ4n) is 3.18. The number of carbonyl (C=O) groups is 1. The van der Waals surface area contributed by atoms with Crippen molar-refractivity contribution in [3.8, 4) is 0 Å². The van der Waals surface area contributed by atoms with E-state index in [4.69, 9.17) is 5.11 Å². The summed E-state index contributed by atoms with van der Waals surface area (Å²) in [4.78, 5) is 12.5. The summed E-state index contributed by atoms with van der Waals surface area (Å²) in [6.07, 6.45) is -1.97. The Morgan fingerprint density at radius 3 is 2.36 bits per heavy atom. The van der Waals surface area contributed by atoms with Gasteiger partial charge in [-0.15, -0.1) is 0 Å². The highest BCUT2D eigenvalue weighted by molar-refractivity contribution is 5.87. The van der Waals surface area contributed by atoms with Gasteiger partial charge in [-0.2, -0.15) is 13.2 Å². The first kappa shape index (κ1) is 16.8. The molecule has 3 nitrogen and oxygen atoms in total. The van der Waals surface area contributed by atoms with Crippen molar-refractivity contribution in [3.63, 3.8) is 0 Å². The van der Waals surface area contributed by atoms with Crippen LogP contribution in [0.4, 0.5) is 13.2 Å². The van der Waals surface area contributed by atoms with Crippen molar-refractivity contribution in [2.24, 2.45) is 5.92 Å². The second-order valence-corrected chi connectivity index (χ2v) is 5.92. The summed E-state index contributed by atoms with van der Waals surface area (Å²) in [5, 5.41) is 8.85. The molecular formula is C16H20F3NO2. The molecular weight excluding hydrogens is 295 g/mol. The van der Waals surface area contributed by atoms with E-state index >= 15 is 0 Å². The van der Waals surface area contributed by atoms with Crippen LogP contribution in [0.3, 0.4) is 0 Å². The van der Waals surface area contributed by atoms with Crippen LogP contribution in [0.2, 0.25) is 0 Å². The molecule has 122 valence electrons. The SMILES string of the molecule is CN(Cc1ccc(C(=O)O)cc1)[C@H]1CCCC[C@H]1C(F)(F)F. The van der Waals surface area contributed by atoms with Gasteiger partial charge in [0.25, 0.3) is 0 Å². The molecule has 0 spiro atoms. The molecule has 1 aromatic carbocycles. The third-order valence-electron chi connectivity index (χ3n) is 4.35. The van der Waals surface area contributed by atoms with Gasteiger partial charge >= 0.3 is 12.1 Å². The van der Waals surface area contributed by atoms with Crippen LogP contribution in [-0.4, -0.2) is 35.2 Å². The Morgan fingerprint density at radius 2 is 1.82 bits per heavy atom. The molecule has 0 bridgehead atoms. The van der Waals surface area contributed by atoms with Gasteiger partial charge < -0.3 is 5.11 Å². The van der Waals surface area contributed by atoms with Crippen molar-refractivity contribution >= 4 is 5.97 Å². The van der Waals surface area contributed by atoms with E-state index in [1.165, 1.54) is 12.1 Å². The van der Waals surface area contributed by atoms with Gasteiger partial charge in [0.2, 0.25) is 0 Å². The zero-order valence-electron chi connectivity index (χ0n) is 12.4. The Labute approximate surface area is 127 Å². The first-order valence-corrected chi connectivity index (χ1v) is 7.38. The van der Waals surface area contributed by atoms with Crippen molar-refractivity contribution in [1.82, 2.24) is 4.90 Å². The summed E-state index contributed by atoms with van der Waals surface area (Å²) < 4.78 is 39.4. The Kier molecular flexibility index (Phi) is 5.11. The maximum Gasteiger partial charge on any atom is 0.393 e. The van der Waals surface area contributed by atoms with Crippen LogP contribution in [0.1, 0.15) is 41.6 Å². The van der Waals surface area contributed by atoms with Crippen molar-refractivity contribution in [1.29, 1.82) is 0 Å². The topological polar surface area (TPSA) is 40.5 Å². The summed E-state index contributed by atoms with van der Waals surface area (Å²) in [5.74, 6) is -2.28. The van der Waals surface area contributed by atoms with Gasteiger partial charge in [-0.3, -0.25) is 4.90 Å². The van der Waals surface area contributed by atoms with Gasteiger partial charge in [0.15, 0.2) is 0 Å². The molecule has 6 heteroatoms. The van der Waals surface area contributed by atoms with E-state index in [0.29, 0.717) is 19.4 Å². The molecule has 1 saturated carbocycles. The highest BCUT2D eigenvalue weighted by Crippen LogP contribution is 2.40. The fraction of sp³-hybridized carbons (Fsp3) is 0.562. The number of benzene rings is 1. The highest BCUT2D eigenvalue weighted by Gasteiger charge is 2.46. The molecule has 1 N–H and O–H groups in total. The van der Waals surface area contributed by atoms with Gasteiger partial charge in [-0.1, -0.05) is 25.0 Å². The number of nitrogens with zero attached hydrogens (tertiary/aromatic N) is 1. The molecule has 1 aliphatic carbocycles. The quantitative estimate of drug-likeness (QED) is 0.915. The molecule has 1 aromatic rings. The molecule has 0 heterocycles. The van der Waals surface area contributed by atoms with Crippen molar-refractivity contribution in [2.45, 2.75) is 44.4 Å². The van der Waals surface area contributed by atoms with Gasteiger partial charge in [0.1, 0.15) is 0 Å². The van der Waals surface area contributed by atoms with Crippen LogP contribution < -0.4 is 0 Å². The van der Waals surface area contributed by atoms with Crippen LogP contribution in [0.15, 0.2) is 24.3 Å². The van der Waals surface area contributed by atoms with Crippen LogP contribution in [0.25, 0.3) is 0 Å². The first-order chi connectivity index (χ1) is 10.3. The average Bonchev–Trinajstić information content (AvgIpc) is 2.47. The number of hydrogen-bond acceptors (Lipinski definition) is 2. The van der Waals surface area contributed by atoms with E-state index in [9.17, 15) is 18.0 Å². The zero-order valence-corrected chi connectivity index (χ0v) is 12.4. The van der Waals surface area contributed by atoms with Crippen LogP contribution in [-0.2, 0) is 6.54 Å². The van der Waals surface area contributed by atoms with Gasteiger partial charge in [0.05, 0.1) is 11.5 Å². The summed E-state index contributed by atoms with van der Waals surface area (Å²) in [5.41, 5.74) is 0.997. The number of halogens is 3. The normalized spacial score (nSPS) is 22.8. The fourth-order valence-corrected chi connectivity index (χ4v) is 3.18. The maximum atomic E-state index is 13.1. The molecule has 2 atom stereocenters. The smallest absolute Gasteiger partial charge is 0.393 e. The molecule has 0 unspecified atom stereocenters. The molecule has 1 aliphatic rings. The Bertz CT molecular complexity index is 513. The standard InChI is InChI=1S/C16H20F3NO2/c1-20(10-11-6-8-12(9-7-11)15(21)22)14-5-3-2-4-13(14)16(17,18)19/h6-9,13-14H,2-5,10H2,1H3,(H,21,22)/t13-,14+/m1/s1. The minimum absolute atomic E-state index is 0.178. The highest BCUT2D eigenvalue weighted by atomic mass is 19.4. The molecule has 0 amide bonds. The van der Waals surface area contributed by atoms with Crippen LogP contribution in [0, 0.1) is 5.92 Å². The largest absolute Gasteiger partial charge is 0.478 e. The zero-order chi connectivity index (χ0) is 16.3. The van der Waals surface area contributed by atoms with Gasteiger partial charge in [0, 0.05) is 12.6 Å². The van der Waals surface area contributed by atoms with Gasteiger partial charge in [-0.05, 0) is 37.6 Å². The monoisotopic (exact) mass is 315 g/mol. The van der Waals surface area contributed by atoms with Crippen molar-refractivity contribution < 1.29 is 23.1 Å². The second kappa shape index (κ2) is 6.69. The number of carboxylic acids is 1. The Balaban J connectivity index is 2.06. The lowest BCUT2D eigenvalue weighted by molar-refractivity contribution is -0.198. The van der Waals surface area contributed by atoms with E-state index < -0.39 is 24.1 Å². The van der Waals surface area contributed by atoms with Crippen molar-refractivity contribution in [3.05, 3.63) is 35.4 Å². The molecule has 0 aliphatic heterocycles. The molecule has 2 rings (SSSR count).